The van der Waals surface area contributed by atoms with Gasteiger partial charge in [0.05, 0.1) is 25.3 Å². The SMILES string of the molecule is CO[C@]1(C(F)(F)CNCCCCC(N)C(=O)NC(C)C(=O)NCC(=O)O)CC(O)[C@@H](O)C(CO)O1. The molecule has 4 unspecified atom stereocenters. The average molecular weight is 515 g/mol. The van der Waals surface area contributed by atoms with Crippen molar-refractivity contribution in [2.45, 2.75) is 74.7 Å². The topological polar surface area (TPSA) is 213 Å². The molecule has 15 heteroatoms. The normalized spacial score (nSPS) is 26.6. The van der Waals surface area contributed by atoms with E-state index in [9.17, 15) is 38.5 Å². The first-order valence-electron chi connectivity index (χ1n) is 11.1. The molecule has 0 aromatic carbocycles. The molecule has 35 heavy (non-hydrogen) atoms. The summed E-state index contributed by atoms with van der Waals surface area (Å²) in [6.45, 7) is -0.743. The van der Waals surface area contributed by atoms with E-state index in [1.807, 2.05) is 0 Å². The molecular formula is C20H36F2N4O9. The second kappa shape index (κ2) is 13.9. The molecular weight excluding hydrogens is 478 g/mol. The zero-order valence-corrected chi connectivity index (χ0v) is 19.7. The highest BCUT2D eigenvalue weighted by molar-refractivity contribution is 5.90. The highest BCUT2D eigenvalue weighted by Gasteiger charge is 2.61. The Labute approximate surface area is 201 Å². The lowest BCUT2D eigenvalue weighted by Gasteiger charge is -2.47. The van der Waals surface area contributed by atoms with Crippen LogP contribution in [0.15, 0.2) is 0 Å². The van der Waals surface area contributed by atoms with Gasteiger partial charge in [-0.2, -0.15) is 8.78 Å². The third-order valence-electron chi connectivity index (χ3n) is 5.63. The molecule has 9 N–H and O–H groups in total. The number of carbonyl (C=O) groups is 3. The van der Waals surface area contributed by atoms with Crippen LogP contribution in [0, 0.1) is 0 Å². The molecule has 0 aliphatic carbocycles. The largest absolute Gasteiger partial charge is 0.480 e. The van der Waals surface area contributed by atoms with Crippen LogP contribution in [0.4, 0.5) is 8.78 Å². The number of carboxylic acids is 1. The zero-order valence-electron chi connectivity index (χ0n) is 19.7. The summed E-state index contributed by atoms with van der Waals surface area (Å²) in [5.74, 6) is -8.68. The molecule has 1 fully saturated rings. The number of nitrogens with one attached hydrogen (secondary N) is 3. The van der Waals surface area contributed by atoms with Crippen LogP contribution in [0.2, 0.25) is 0 Å². The van der Waals surface area contributed by atoms with Gasteiger partial charge >= 0.3 is 11.9 Å². The Morgan fingerprint density at radius 1 is 1.26 bits per heavy atom. The van der Waals surface area contributed by atoms with Crippen LogP contribution >= 0.6 is 0 Å². The number of aliphatic hydroxyl groups is 3. The molecule has 1 aliphatic rings. The van der Waals surface area contributed by atoms with E-state index in [1.165, 1.54) is 6.92 Å². The van der Waals surface area contributed by atoms with Crippen molar-refractivity contribution in [1.29, 1.82) is 0 Å². The van der Waals surface area contributed by atoms with Crippen LogP contribution in [0.1, 0.15) is 32.6 Å². The Morgan fingerprint density at radius 2 is 1.91 bits per heavy atom. The first-order chi connectivity index (χ1) is 16.3. The third-order valence-corrected chi connectivity index (χ3v) is 5.63. The number of nitrogens with two attached hydrogens (primary N) is 1. The Kier molecular flexibility index (Phi) is 12.3. The van der Waals surface area contributed by atoms with Gasteiger partial charge in [-0.3, -0.25) is 14.4 Å². The molecule has 0 bridgehead atoms. The van der Waals surface area contributed by atoms with Crippen LogP contribution < -0.4 is 21.7 Å². The molecule has 0 radical (unpaired) electrons. The van der Waals surface area contributed by atoms with Crippen LogP contribution in [0.3, 0.4) is 0 Å². The molecule has 0 aromatic heterocycles. The summed E-state index contributed by atoms with van der Waals surface area (Å²) in [6, 6.07) is -1.95. The van der Waals surface area contributed by atoms with Gasteiger partial charge in [-0.15, -0.1) is 0 Å². The van der Waals surface area contributed by atoms with E-state index in [0.29, 0.717) is 12.8 Å². The molecule has 0 saturated carbocycles. The molecule has 13 nitrogen and oxygen atoms in total. The van der Waals surface area contributed by atoms with E-state index in [-0.39, 0.29) is 13.0 Å². The van der Waals surface area contributed by atoms with E-state index >= 15 is 0 Å². The molecule has 1 rings (SSSR count). The van der Waals surface area contributed by atoms with Crippen LogP contribution in [0.25, 0.3) is 0 Å². The van der Waals surface area contributed by atoms with Crippen LogP contribution in [-0.4, -0.2) is 114 Å². The smallest absolute Gasteiger partial charge is 0.322 e. The van der Waals surface area contributed by atoms with Gasteiger partial charge in [0.1, 0.15) is 24.8 Å². The third kappa shape index (κ3) is 8.86. The summed E-state index contributed by atoms with van der Waals surface area (Å²) in [6.07, 6.45) is -4.26. The fourth-order valence-electron chi connectivity index (χ4n) is 3.49. The first kappa shape index (κ1) is 31.0. The number of carboxylic acid groups (broad SMARTS) is 1. The maximum Gasteiger partial charge on any atom is 0.322 e. The highest BCUT2D eigenvalue weighted by Crippen LogP contribution is 2.41. The molecule has 1 aliphatic heterocycles. The van der Waals surface area contributed by atoms with Crippen LogP contribution in [0.5, 0.6) is 0 Å². The second-order valence-electron chi connectivity index (χ2n) is 8.38. The van der Waals surface area contributed by atoms with Crippen molar-refractivity contribution in [2.24, 2.45) is 5.73 Å². The lowest BCUT2D eigenvalue weighted by Crippen LogP contribution is -2.65. The van der Waals surface area contributed by atoms with Crippen molar-refractivity contribution >= 4 is 17.8 Å². The van der Waals surface area contributed by atoms with Crippen molar-refractivity contribution in [3.05, 3.63) is 0 Å². The molecule has 1 saturated heterocycles. The van der Waals surface area contributed by atoms with Crippen LogP contribution in [-0.2, 0) is 23.9 Å². The molecule has 1 heterocycles. The summed E-state index contributed by atoms with van der Waals surface area (Å²) in [4.78, 5) is 34.2. The highest BCUT2D eigenvalue weighted by atomic mass is 19.3. The molecule has 0 aromatic rings. The van der Waals surface area contributed by atoms with Crippen molar-refractivity contribution in [2.75, 3.05) is 33.4 Å². The van der Waals surface area contributed by atoms with Gasteiger partial charge in [0.2, 0.25) is 17.6 Å². The van der Waals surface area contributed by atoms with Crippen molar-refractivity contribution in [1.82, 2.24) is 16.0 Å². The van der Waals surface area contributed by atoms with E-state index in [1.54, 1.807) is 0 Å². The Hall–Kier alpha value is -2.01. The number of unbranched alkanes of at least 4 members (excludes halogenated alkanes) is 1. The predicted octanol–water partition coefficient (Wildman–Crippen LogP) is -2.74. The van der Waals surface area contributed by atoms with E-state index < -0.39 is 86.0 Å². The maximum absolute atomic E-state index is 14.9. The van der Waals surface area contributed by atoms with E-state index in [2.05, 4.69) is 16.0 Å². The zero-order chi connectivity index (χ0) is 26.8. The second-order valence-corrected chi connectivity index (χ2v) is 8.38. The minimum absolute atomic E-state index is 0.131. The summed E-state index contributed by atoms with van der Waals surface area (Å²) < 4.78 is 39.8. The minimum Gasteiger partial charge on any atom is -0.480 e. The van der Waals surface area contributed by atoms with Crippen molar-refractivity contribution in [3.8, 4) is 0 Å². The number of rotatable bonds is 15. The summed E-state index contributed by atoms with van der Waals surface area (Å²) in [7, 11) is 0.982. The van der Waals surface area contributed by atoms with E-state index in [4.69, 9.17) is 20.3 Å². The quantitative estimate of drug-likeness (QED) is 0.105. The van der Waals surface area contributed by atoms with Gasteiger partial charge in [0, 0.05) is 13.5 Å². The summed E-state index contributed by atoms with van der Waals surface area (Å²) >= 11 is 0. The number of carbonyl (C=O) groups excluding carboxylic acids is 2. The Balaban J connectivity index is 2.41. The number of amides is 2. The molecule has 6 atom stereocenters. The number of alkyl halides is 2. The van der Waals surface area contributed by atoms with Gasteiger partial charge < -0.3 is 51.6 Å². The first-order valence-corrected chi connectivity index (χ1v) is 11.1. The Morgan fingerprint density at radius 3 is 2.49 bits per heavy atom. The van der Waals surface area contributed by atoms with Gasteiger partial charge in [0.25, 0.3) is 0 Å². The lowest BCUT2D eigenvalue weighted by molar-refractivity contribution is -0.383. The average Bonchev–Trinajstić information content (AvgIpc) is 2.80. The van der Waals surface area contributed by atoms with Crippen molar-refractivity contribution < 1.29 is 53.1 Å². The van der Waals surface area contributed by atoms with Gasteiger partial charge in [-0.05, 0) is 26.3 Å². The molecule has 2 amide bonds. The van der Waals surface area contributed by atoms with Gasteiger partial charge in [-0.1, -0.05) is 6.42 Å². The summed E-state index contributed by atoms with van der Waals surface area (Å²) in [5, 5.41) is 44.5. The number of halogens is 2. The van der Waals surface area contributed by atoms with Gasteiger partial charge in [0.15, 0.2) is 0 Å². The van der Waals surface area contributed by atoms with Crippen molar-refractivity contribution in [3.63, 3.8) is 0 Å². The molecule has 0 spiro atoms. The number of hydrogen-bond acceptors (Lipinski definition) is 10. The standard InChI is InChI=1S/C20H36F2N4O9/c1-11(17(32)25-8-15(29)30)26-18(33)12(23)5-3-4-6-24-10-19(21,22)20(34-2)7-13(28)16(31)14(9-27)35-20/h11-14,16,24,27-28,31H,3-10,23H2,1-2H3,(H,25,32)(H,26,33)(H,29,30)/t11?,12?,13?,14?,16-,20-/m1/s1. The lowest BCUT2D eigenvalue weighted by atomic mass is 9.91. The monoisotopic (exact) mass is 514 g/mol. The fourth-order valence-corrected chi connectivity index (χ4v) is 3.49. The fraction of sp³-hybridized carbons (Fsp3) is 0.850. The number of methoxy groups -OCH3 is 1. The molecule has 204 valence electrons. The number of ether oxygens (including phenoxy) is 2. The number of hydrogen-bond donors (Lipinski definition) is 8. The summed E-state index contributed by atoms with van der Waals surface area (Å²) in [5.41, 5.74) is 5.78. The predicted molar refractivity (Wildman–Crippen MR) is 116 cm³/mol. The number of aliphatic carboxylic acids is 1. The van der Waals surface area contributed by atoms with E-state index in [0.717, 1.165) is 7.11 Å². The number of aliphatic hydroxyl groups excluding tert-OH is 3. The maximum atomic E-state index is 14.9. The minimum atomic E-state index is -3.62. The van der Waals surface area contributed by atoms with Gasteiger partial charge in [-0.25, -0.2) is 0 Å². The Bertz CT molecular complexity index is 718.